The molecule has 2 rings (SSSR count). The van der Waals surface area contributed by atoms with Gasteiger partial charge in [0.2, 0.25) is 0 Å². The van der Waals surface area contributed by atoms with Gasteiger partial charge >= 0.3 is 6.18 Å². The van der Waals surface area contributed by atoms with E-state index in [9.17, 15) is 18.0 Å². The van der Waals surface area contributed by atoms with Crippen molar-refractivity contribution >= 4 is 17.3 Å². The zero-order chi connectivity index (χ0) is 20.0. The molecule has 2 N–H and O–H groups in total. The summed E-state index contributed by atoms with van der Waals surface area (Å²) in [5, 5.41) is 14.1. The van der Waals surface area contributed by atoms with E-state index in [4.69, 9.17) is 5.26 Å². The normalized spacial score (nSPS) is 11.8. The van der Waals surface area contributed by atoms with Gasteiger partial charge in [0.1, 0.15) is 11.6 Å². The van der Waals surface area contributed by atoms with Gasteiger partial charge in [0.05, 0.1) is 11.3 Å². The van der Waals surface area contributed by atoms with Crippen LogP contribution in [0.2, 0.25) is 0 Å². The van der Waals surface area contributed by atoms with Crippen LogP contribution in [0.5, 0.6) is 0 Å². The minimum Gasteiger partial charge on any atom is -0.360 e. The molecule has 0 heterocycles. The molecule has 0 aliphatic heterocycles. The Kier molecular flexibility index (Phi) is 6.24. The molecule has 0 aromatic heterocycles. The van der Waals surface area contributed by atoms with Crippen LogP contribution >= 0.6 is 0 Å². The molecule has 0 unspecified atom stereocenters. The van der Waals surface area contributed by atoms with Crippen molar-refractivity contribution in [3.63, 3.8) is 0 Å². The average Bonchev–Trinajstić information content (AvgIpc) is 2.62. The van der Waals surface area contributed by atoms with E-state index in [0.29, 0.717) is 11.6 Å². The molecule has 0 bridgehead atoms. The highest BCUT2D eigenvalue weighted by atomic mass is 19.4. The number of halogens is 3. The van der Waals surface area contributed by atoms with E-state index in [0.717, 1.165) is 23.9 Å². The molecule has 4 nitrogen and oxygen atoms in total. The number of benzene rings is 2. The first kappa shape index (κ1) is 20.0. The minimum absolute atomic E-state index is 0.347. The number of nitrogens with zero attached hydrogens (tertiary/aromatic N) is 1. The van der Waals surface area contributed by atoms with Crippen LogP contribution in [0.3, 0.4) is 0 Å². The van der Waals surface area contributed by atoms with Gasteiger partial charge in [-0.15, -0.1) is 0 Å². The Morgan fingerprint density at radius 1 is 1.11 bits per heavy atom. The lowest BCUT2D eigenvalue weighted by Gasteiger charge is -2.13. The summed E-state index contributed by atoms with van der Waals surface area (Å²) in [5.41, 5.74) is 0.0485. The smallest absolute Gasteiger partial charge is 0.360 e. The third-order valence-electron chi connectivity index (χ3n) is 3.81. The van der Waals surface area contributed by atoms with Gasteiger partial charge in [-0.3, -0.25) is 4.79 Å². The molecule has 1 amide bonds. The number of alkyl halides is 3. The molecule has 0 saturated carbocycles. The maximum atomic E-state index is 13.0. The van der Waals surface area contributed by atoms with E-state index in [2.05, 4.69) is 24.5 Å². The van der Waals surface area contributed by atoms with E-state index in [-0.39, 0.29) is 5.57 Å². The fourth-order valence-corrected chi connectivity index (χ4v) is 2.30. The predicted octanol–water partition coefficient (Wildman–Crippen LogP) is 5.29. The lowest BCUT2D eigenvalue weighted by atomic mass is 10.0. The van der Waals surface area contributed by atoms with Crippen LogP contribution in [0, 0.1) is 11.3 Å². The Bertz CT molecular complexity index is 879. The summed E-state index contributed by atoms with van der Waals surface area (Å²) in [6.07, 6.45) is -3.45. The molecule has 140 valence electrons. The van der Waals surface area contributed by atoms with E-state index in [1.54, 1.807) is 18.2 Å². The molecular formula is C20H18F3N3O. The van der Waals surface area contributed by atoms with Crippen molar-refractivity contribution in [1.29, 1.82) is 5.26 Å². The van der Waals surface area contributed by atoms with Gasteiger partial charge in [-0.05, 0) is 35.7 Å². The van der Waals surface area contributed by atoms with Crippen LogP contribution in [-0.4, -0.2) is 5.91 Å². The number of hydrogen-bond acceptors (Lipinski definition) is 3. The van der Waals surface area contributed by atoms with Gasteiger partial charge in [0.25, 0.3) is 5.91 Å². The number of amides is 1. The van der Waals surface area contributed by atoms with Crippen molar-refractivity contribution in [3.05, 3.63) is 71.4 Å². The number of carbonyl (C=O) groups is 1. The monoisotopic (exact) mass is 373 g/mol. The van der Waals surface area contributed by atoms with Gasteiger partial charge in [-0.2, -0.15) is 18.4 Å². The van der Waals surface area contributed by atoms with E-state index >= 15 is 0 Å². The number of nitriles is 1. The number of nitrogens with one attached hydrogen (secondary N) is 2. The summed E-state index contributed by atoms with van der Waals surface area (Å²) >= 11 is 0. The first-order chi connectivity index (χ1) is 12.7. The maximum Gasteiger partial charge on any atom is 0.418 e. The predicted molar refractivity (Wildman–Crippen MR) is 97.9 cm³/mol. The molecule has 2 aromatic rings. The van der Waals surface area contributed by atoms with Gasteiger partial charge < -0.3 is 10.6 Å². The minimum atomic E-state index is -4.61. The van der Waals surface area contributed by atoms with Crippen LogP contribution in [0.1, 0.15) is 30.9 Å². The largest absolute Gasteiger partial charge is 0.418 e. The lowest BCUT2D eigenvalue weighted by Crippen LogP contribution is -2.18. The van der Waals surface area contributed by atoms with Crippen LogP contribution in [-0.2, 0) is 11.0 Å². The molecule has 7 heteroatoms. The number of hydrogen-bond donors (Lipinski definition) is 2. The van der Waals surface area contributed by atoms with Crippen molar-refractivity contribution in [2.24, 2.45) is 0 Å². The van der Waals surface area contributed by atoms with Crippen molar-refractivity contribution < 1.29 is 18.0 Å². The summed E-state index contributed by atoms with van der Waals surface area (Å²) in [4.78, 5) is 12.2. The molecular weight excluding hydrogens is 355 g/mol. The number of carbonyl (C=O) groups excluding carboxylic acids is 1. The zero-order valence-electron chi connectivity index (χ0n) is 14.8. The molecule has 0 fully saturated rings. The first-order valence-electron chi connectivity index (χ1n) is 8.16. The molecule has 0 spiro atoms. The van der Waals surface area contributed by atoms with Gasteiger partial charge in [-0.1, -0.05) is 38.1 Å². The third kappa shape index (κ3) is 5.35. The highest BCUT2D eigenvalue weighted by Crippen LogP contribution is 2.34. The van der Waals surface area contributed by atoms with Crippen molar-refractivity contribution in [1.82, 2.24) is 0 Å². The molecule has 0 saturated heterocycles. The quantitative estimate of drug-likeness (QED) is 0.553. The van der Waals surface area contributed by atoms with Crippen molar-refractivity contribution in [2.75, 3.05) is 10.6 Å². The van der Waals surface area contributed by atoms with Crippen LogP contribution in [0.4, 0.5) is 24.5 Å². The third-order valence-corrected chi connectivity index (χ3v) is 3.81. The maximum absolute atomic E-state index is 13.0. The second-order valence-electron chi connectivity index (χ2n) is 6.09. The lowest BCUT2D eigenvalue weighted by molar-refractivity contribution is -0.137. The Morgan fingerprint density at radius 3 is 2.30 bits per heavy atom. The Labute approximate surface area is 155 Å². The van der Waals surface area contributed by atoms with Crippen LogP contribution in [0.25, 0.3) is 0 Å². The number of para-hydroxylation sites is 1. The summed E-state index contributed by atoms with van der Waals surface area (Å²) in [7, 11) is 0. The molecule has 0 radical (unpaired) electrons. The standard InChI is InChI=1S/C20H18F3N3O/c1-13(2)14-7-9-16(10-8-14)25-12-15(11-24)19(27)26-18-6-4-3-5-17(18)20(21,22)23/h3-10,12-13,25H,1-2H3,(H,26,27)/b15-12-. The van der Waals surface area contributed by atoms with Crippen molar-refractivity contribution in [2.45, 2.75) is 25.9 Å². The second-order valence-corrected chi connectivity index (χ2v) is 6.09. The van der Waals surface area contributed by atoms with E-state index < -0.39 is 23.3 Å². The summed E-state index contributed by atoms with van der Waals surface area (Å²) in [6.45, 7) is 4.11. The molecule has 0 aliphatic rings. The fourth-order valence-electron chi connectivity index (χ4n) is 2.30. The molecule has 0 atom stereocenters. The first-order valence-corrected chi connectivity index (χ1v) is 8.16. The fraction of sp³-hybridized carbons (Fsp3) is 0.200. The molecule has 2 aromatic carbocycles. The van der Waals surface area contributed by atoms with Crippen molar-refractivity contribution in [3.8, 4) is 6.07 Å². The Hall–Kier alpha value is -3.27. The Morgan fingerprint density at radius 2 is 1.74 bits per heavy atom. The van der Waals surface area contributed by atoms with Gasteiger partial charge in [0.15, 0.2) is 0 Å². The summed E-state index contributed by atoms with van der Waals surface area (Å²) < 4.78 is 39.0. The van der Waals surface area contributed by atoms with Crippen LogP contribution < -0.4 is 10.6 Å². The summed E-state index contributed by atoms with van der Waals surface area (Å²) in [6, 6.07) is 13.7. The highest BCUT2D eigenvalue weighted by Gasteiger charge is 2.33. The SMILES string of the molecule is CC(C)c1ccc(N/C=C(/C#N)C(=O)Nc2ccccc2C(F)(F)F)cc1. The summed E-state index contributed by atoms with van der Waals surface area (Å²) in [5.74, 6) is -0.566. The zero-order valence-corrected chi connectivity index (χ0v) is 14.8. The molecule has 0 aliphatic carbocycles. The van der Waals surface area contributed by atoms with Gasteiger partial charge in [-0.25, -0.2) is 0 Å². The topological polar surface area (TPSA) is 64.9 Å². The average molecular weight is 373 g/mol. The van der Waals surface area contributed by atoms with Gasteiger partial charge in [0, 0.05) is 11.9 Å². The van der Waals surface area contributed by atoms with E-state index in [1.807, 2.05) is 12.1 Å². The highest BCUT2D eigenvalue weighted by molar-refractivity contribution is 6.07. The van der Waals surface area contributed by atoms with Crippen LogP contribution in [0.15, 0.2) is 60.3 Å². The number of rotatable bonds is 5. The molecule has 27 heavy (non-hydrogen) atoms. The van der Waals surface area contributed by atoms with E-state index in [1.165, 1.54) is 12.1 Å². The Balaban J connectivity index is 2.15. The number of anilines is 2. The second kappa shape index (κ2) is 8.41.